The molecule has 0 saturated carbocycles. The summed E-state index contributed by atoms with van der Waals surface area (Å²) in [7, 11) is 0. The average molecular weight is 254 g/mol. The molecule has 0 spiro atoms. The summed E-state index contributed by atoms with van der Waals surface area (Å²) in [6, 6.07) is 1.67. The fourth-order valence-electron chi connectivity index (χ4n) is 1.79. The zero-order valence-electron chi connectivity index (χ0n) is 11.3. The van der Waals surface area contributed by atoms with Crippen LogP contribution in [0.4, 0.5) is 0 Å². The predicted octanol–water partition coefficient (Wildman–Crippen LogP) is 2.14. The maximum absolute atomic E-state index is 11.3. The lowest BCUT2D eigenvalue weighted by atomic mass is 10.1. The Hall–Kier alpha value is -1.33. The lowest BCUT2D eigenvalue weighted by Crippen LogP contribution is -2.29. The highest BCUT2D eigenvalue weighted by Gasteiger charge is 2.13. The van der Waals surface area contributed by atoms with Gasteiger partial charge in [0.15, 0.2) is 5.76 Å². The van der Waals surface area contributed by atoms with Crippen molar-refractivity contribution in [1.29, 1.82) is 0 Å². The van der Waals surface area contributed by atoms with E-state index in [4.69, 9.17) is 15.0 Å². The lowest BCUT2D eigenvalue weighted by molar-refractivity contribution is 0.0885. The molecule has 1 aromatic rings. The van der Waals surface area contributed by atoms with E-state index < -0.39 is 5.91 Å². The van der Waals surface area contributed by atoms with Gasteiger partial charge in [0.1, 0.15) is 5.76 Å². The first-order valence-corrected chi connectivity index (χ1v) is 6.26. The summed E-state index contributed by atoms with van der Waals surface area (Å²) in [6.07, 6.45) is 2.32. The lowest BCUT2D eigenvalue weighted by Gasteiger charge is -2.10. The Morgan fingerprint density at radius 2 is 2.33 bits per heavy atom. The maximum Gasteiger partial charge on any atom is 0.300 e. The summed E-state index contributed by atoms with van der Waals surface area (Å²) in [6.45, 7) is 7.31. The third kappa shape index (κ3) is 4.16. The van der Waals surface area contributed by atoms with Gasteiger partial charge in [0.25, 0.3) is 0 Å². The summed E-state index contributed by atoms with van der Waals surface area (Å²) >= 11 is 0. The third-order valence-electron chi connectivity index (χ3n) is 2.82. The van der Waals surface area contributed by atoms with Crippen LogP contribution in [0.5, 0.6) is 0 Å². The van der Waals surface area contributed by atoms with E-state index in [9.17, 15) is 4.79 Å². The number of ether oxygens (including phenoxy) is 1. The van der Waals surface area contributed by atoms with Gasteiger partial charge in [0.2, 0.25) is 0 Å². The van der Waals surface area contributed by atoms with Crippen molar-refractivity contribution >= 4 is 5.91 Å². The molecule has 0 saturated heterocycles. The third-order valence-corrected chi connectivity index (χ3v) is 2.82. The molecule has 0 aliphatic rings. The molecule has 1 unspecified atom stereocenters. The SMILES string of the molecule is CCCC(C)COCc1cc(C(=O)NN)oc1C. The molecule has 1 heterocycles. The van der Waals surface area contributed by atoms with Crippen LogP contribution in [0.1, 0.15) is 48.6 Å². The minimum atomic E-state index is -0.427. The zero-order chi connectivity index (χ0) is 13.5. The molecule has 0 radical (unpaired) electrons. The fourth-order valence-corrected chi connectivity index (χ4v) is 1.79. The molecular weight excluding hydrogens is 232 g/mol. The maximum atomic E-state index is 11.3. The van der Waals surface area contributed by atoms with E-state index in [0.29, 0.717) is 18.3 Å². The number of hydrogen-bond acceptors (Lipinski definition) is 4. The average Bonchev–Trinajstić information content (AvgIpc) is 2.70. The fraction of sp³-hybridized carbons (Fsp3) is 0.615. The molecule has 1 aromatic heterocycles. The zero-order valence-corrected chi connectivity index (χ0v) is 11.3. The van der Waals surface area contributed by atoms with Crippen molar-refractivity contribution in [3.05, 3.63) is 23.2 Å². The van der Waals surface area contributed by atoms with Crippen molar-refractivity contribution < 1.29 is 13.9 Å². The smallest absolute Gasteiger partial charge is 0.300 e. The molecule has 102 valence electrons. The molecule has 0 bridgehead atoms. The van der Waals surface area contributed by atoms with Crippen molar-refractivity contribution in [2.24, 2.45) is 11.8 Å². The summed E-state index contributed by atoms with van der Waals surface area (Å²) in [5.41, 5.74) is 2.93. The van der Waals surface area contributed by atoms with Crippen molar-refractivity contribution in [3.8, 4) is 0 Å². The van der Waals surface area contributed by atoms with Crippen LogP contribution in [0.15, 0.2) is 10.5 Å². The number of rotatable bonds is 7. The van der Waals surface area contributed by atoms with Crippen molar-refractivity contribution in [1.82, 2.24) is 5.43 Å². The van der Waals surface area contributed by atoms with Gasteiger partial charge in [-0.1, -0.05) is 20.3 Å². The Labute approximate surface area is 108 Å². The van der Waals surface area contributed by atoms with Gasteiger partial charge in [0, 0.05) is 12.2 Å². The number of hydrogen-bond donors (Lipinski definition) is 2. The van der Waals surface area contributed by atoms with Crippen LogP contribution >= 0.6 is 0 Å². The number of aryl methyl sites for hydroxylation is 1. The van der Waals surface area contributed by atoms with E-state index in [-0.39, 0.29) is 5.76 Å². The number of hydrazine groups is 1. The number of nitrogens with one attached hydrogen (secondary N) is 1. The van der Waals surface area contributed by atoms with Gasteiger partial charge in [-0.05, 0) is 25.3 Å². The normalized spacial score (nSPS) is 12.4. The minimum Gasteiger partial charge on any atom is -0.456 e. The molecule has 0 aliphatic carbocycles. The number of carbonyl (C=O) groups is 1. The summed E-state index contributed by atoms with van der Waals surface area (Å²) in [5.74, 6) is 6.08. The first-order chi connectivity index (χ1) is 8.58. The molecule has 1 rings (SSSR count). The first-order valence-electron chi connectivity index (χ1n) is 6.26. The summed E-state index contributed by atoms with van der Waals surface area (Å²) in [4.78, 5) is 11.3. The number of nitrogen functional groups attached to an aromatic ring is 1. The van der Waals surface area contributed by atoms with Gasteiger partial charge < -0.3 is 9.15 Å². The van der Waals surface area contributed by atoms with Crippen LogP contribution in [0, 0.1) is 12.8 Å². The van der Waals surface area contributed by atoms with E-state index in [0.717, 1.165) is 25.0 Å². The van der Waals surface area contributed by atoms with Crippen LogP contribution < -0.4 is 11.3 Å². The van der Waals surface area contributed by atoms with E-state index in [1.165, 1.54) is 0 Å². The van der Waals surface area contributed by atoms with Crippen LogP contribution in [-0.2, 0) is 11.3 Å². The van der Waals surface area contributed by atoms with Gasteiger partial charge in [-0.3, -0.25) is 10.2 Å². The molecule has 1 atom stereocenters. The van der Waals surface area contributed by atoms with Crippen LogP contribution in [-0.4, -0.2) is 12.5 Å². The monoisotopic (exact) mass is 254 g/mol. The second-order valence-electron chi connectivity index (χ2n) is 4.57. The van der Waals surface area contributed by atoms with Gasteiger partial charge in [-0.2, -0.15) is 0 Å². The quantitative estimate of drug-likeness (QED) is 0.444. The van der Waals surface area contributed by atoms with Crippen molar-refractivity contribution in [3.63, 3.8) is 0 Å². The topological polar surface area (TPSA) is 77.5 Å². The number of nitrogens with two attached hydrogens (primary N) is 1. The van der Waals surface area contributed by atoms with Crippen molar-refractivity contribution in [2.75, 3.05) is 6.61 Å². The summed E-state index contributed by atoms with van der Waals surface area (Å²) < 4.78 is 10.9. The Kier molecular flexibility index (Phi) is 5.88. The molecule has 0 aliphatic heterocycles. The Morgan fingerprint density at radius 1 is 1.61 bits per heavy atom. The molecule has 18 heavy (non-hydrogen) atoms. The van der Waals surface area contributed by atoms with E-state index in [2.05, 4.69) is 13.8 Å². The molecule has 5 nitrogen and oxygen atoms in total. The summed E-state index contributed by atoms with van der Waals surface area (Å²) in [5, 5.41) is 0. The standard InChI is InChI=1S/C13H22N2O3/c1-4-5-9(2)7-17-8-11-6-12(13(16)15-14)18-10(11)3/h6,9H,4-5,7-8,14H2,1-3H3,(H,15,16). The van der Waals surface area contributed by atoms with E-state index >= 15 is 0 Å². The van der Waals surface area contributed by atoms with Crippen LogP contribution in [0.3, 0.4) is 0 Å². The Balaban J connectivity index is 2.47. The highest BCUT2D eigenvalue weighted by molar-refractivity contribution is 5.91. The highest BCUT2D eigenvalue weighted by Crippen LogP contribution is 2.16. The first kappa shape index (κ1) is 14.7. The van der Waals surface area contributed by atoms with Crippen LogP contribution in [0.2, 0.25) is 0 Å². The highest BCUT2D eigenvalue weighted by atomic mass is 16.5. The van der Waals surface area contributed by atoms with E-state index in [1.807, 2.05) is 12.3 Å². The predicted molar refractivity (Wildman–Crippen MR) is 68.8 cm³/mol. The molecule has 0 fully saturated rings. The second kappa shape index (κ2) is 7.18. The van der Waals surface area contributed by atoms with E-state index in [1.54, 1.807) is 6.07 Å². The number of amides is 1. The Morgan fingerprint density at radius 3 is 2.94 bits per heavy atom. The second-order valence-corrected chi connectivity index (χ2v) is 4.57. The van der Waals surface area contributed by atoms with Gasteiger partial charge in [0.05, 0.1) is 6.61 Å². The molecule has 3 N–H and O–H groups in total. The largest absolute Gasteiger partial charge is 0.456 e. The molecule has 1 amide bonds. The molecule has 5 heteroatoms. The van der Waals surface area contributed by atoms with Gasteiger partial charge >= 0.3 is 5.91 Å². The minimum absolute atomic E-state index is 0.218. The molecule has 0 aromatic carbocycles. The Bertz CT molecular complexity index is 388. The van der Waals surface area contributed by atoms with Gasteiger partial charge in [-0.25, -0.2) is 5.84 Å². The van der Waals surface area contributed by atoms with Crippen molar-refractivity contribution in [2.45, 2.75) is 40.2 Å². The van der Waals surface area contributed by atoms with Crippen LogP contribution in [0.25, 0.3) is 0 Å². The molecular formula is C13H22N2O3. The van der Waals surface area contributed by atoms with Gasteiger partial charge in [-0.15, -0.1) is 0 Å². The number of furan rings is 1. The number of carbonyl (C=O) groups excluding carboxylic acids is 1.